The summed E-state index contributed by atoms with van der Waals surface area (Å²) in [5.74, 6) is -0.0671. The lowest BCUT2D eigenvalue weighted by Gasteiger charge is -2.26. The number of benzene rings is 2. The van der Waals surface area contributed by atoms with Crippen molar-refractivity contribution >= 4 is 16.8 Å². The van der Waals surface area contributed by atoms with E-state index in [0.29, 0.717) is 11.3 Å². The molecule has 4 nitrogen and oxygen atoms in total. The van der Waals surface area contributed by atoms with Gasteiger partial charge in [-0.25, -0.2) is 4.98 Å². The Labute approximate surface area is 169 Å². The molecule has 0 saturated carbocycles. The van der Waals surface area contributed by atoms with Crippen LogP contribution < -0.4 is 5.32 Å². The van der Waals surface area contributed by atoms with E-state index in [9.17, 15) is 4.79 Å². The van der Waals surface area contributed by atoms with Crippen molar-refractivity contribution < 1.29 is 4.79 Å². The van der Waals surface area contributed by atoms with E-state index in [1.807, 2.05) is 54.6 Å². The smallest absolute Gasteiger partial charge is 0.252 e. The zero-order chi connectivity index (χ0) is 19.6. The van der Waals surface area contributed by atoms with Gasteiger partial charge in [0, 0.05) is 11.6 Å². The number of para-hydroxylation sites is 1. The van der Waals surface area contributed by atoms with Crippen molar-refractivity contribution in [3.05, 3.63) is 95.7 Å². The van der Waals surface area contributed by atoms with E-state index in [2.05, 4.69) is 28.5 Å². The first-order chi connectivity index (χ1) is 14.3. The van der Waals surface area contributed by atoms with Crippen LogP contribution in [-0.2, 0) is 6.42 Å². The van der Waals surface area contributed by atoms with Gasteiger partial charge in [-0.15, -0.1) is 0 Å². The Morgan fingerprint density at radius 1 is 0.931 bits per heavy atom. The summed E-state index contributed by atoms with van der Waals surface area (Å²) in [7, 11) is 0. The molecule has 0 radical (unpaired) electrons. The number of hydrogen-bond donors (Lipinski definition) is 1. The summed E-state index contributed by atoms with van der Waals surface area (Å²) < 4.78 is 0. The third-order valence-corrected chi connectivity index (χ3v) is 5.56. The predicted octanol–water partition coefficient (Wildman–Crippen LogP) is 5.10. The van der Waals surface area contributed by atoms with Crippen LogP contribution in [0.15, 0.2) is 79.0 Å². The summed E-state index contributed by atoms with van der Waals surface area (Å²) in [6.45, 7) is 0. The van der Waals surface area contributed by atoms with E-state index in [0.717, 1.165) is 35.9 Å². The van der Waals surface area contributed by atoms with Gasteiger partial charge in [-0.05, 0) is 54.7 Å². The standard InChI is InChI=1S/C25H21N3O/c29-25(28-21-14-7-9-17-8-1-2-10-18(17)21)20-16-24(23-13-5-6-15-26-23)27-22-12-4-3-11-19(20)22/h1-6,8,10-13,15-16,21H,7,9,14H2,(H,28,29)/t21-/m1/s1. The Morgan fingerprint density at radius 3 is 2.66 bits per heavy atom. The average Bonchev–Trinajstić information content (AvgIpc) is 2.79. The van der Waals surface area contributed by atoms with Gasteiger partial charge in [0.1, 0.15) is 0 Å². The molecule has 142 valence electrons. The molecule has 29 heavy (non-hydrogen) atoms. The van der Waals surface area contributed by atoms with Gasteiger partial charge in [-0.3, -0.25) is 9.78 Å². The number of amides is 1. The molecule has 2 aromatic carbocycles. The van der Waals surface area contributed by atoms with Crippen LogP contribution in [0.25, 0.3) is 22.3 Å². The van der Waals surface area contributed by atoms with Crippen LogP contribution in [0, 0.1) is 0 Å². The largest absolute Gasteiger partial charge is 0.345 e. The van der Waals surface area contributed by atoms with Crippen molar-refractivity contribution in [1.82, 2.24) is 15.3 Å². The Balaban J connectivity index is 1.55. The maximum atomic E-state index is 13.4. The monoisotopic (exact) mass is 379 g/mol. The molecule has 1 N–H and O–H groups in total. The van der Waals surface area contributed by atoms with E-state index in [-0.39, 0.29) is 11.9 Å². The molecule has 2 heterocycles. The molecule has 0 bridgehead atoms. The molecule has 0 aliphatic heterocycles. The van der Waals surface area contributed by atoms with Crippen LogP contribution in [0.2, 0.25) is 0 Å². The maximum Gasteiger partial charge on any atom is 0.252 e. The van der Waals surface area contributed by atoms with Gasteiger partial charge >= 0.3 is 0 Å². The Hall–Kier alpha value is -3.53. The number of carbonyl (C=O) groups excluding carboxylic acids is 1. The summed E-state index contributed by atoms with van der Waals surface area (Å²) in [6, 6.07) is 23.8. The minimum atomic E-state index is -0.0671. The first-order valence-corrected chi connectivity index (χ1v) is 9.99. The molecular formula is C25H21N3O. The molecule has 4 aromatic rings. The topological polar surface area (TPSA) is 54.9 Å². The zero-order valence-electron chi connectivity index (χ0n) is 16.0. The number of hydrogen-bond acceptors (Lipinski definition) is 3. The second-order valence-electron chi connectivity index (χ2n) is 7.40. The van der Waals surface area contributed by atoms with Crippen LogP contribution >= 0.6 is 0 Å². The van der Waals surface area contributed by atoms with Crippen molar-refractivity contribution in [3.8, 4) is 11.4 Å². The van der Waals surface area contributed by atoms with E-state index in [1.54, 1.807) is 6.20 Å². The summed E-state index contributed by atoms with van der Waals surface area (Å²) in [4.78, 5) is 22.5. The number of carbonyl (C=O) groups is 1. The van der Waals surface area contributed by atoms with Gasteiger partial charge in [-0.2, -0.15) is 0 Å². The molecule has 0 fully saturated rings. The molecule has 5 rings (SSSR count). The number of rotatable bonds is 3. The Kier molecular flexibility index (Phi) is 4.53. The fourth-order valence-corrected chi connectivity index (χ4v) is 4.15. The Bertz CT molecular complexity index is 1190. The van der Waals surface area contributed by atoms with Crippen LogP contribution in [0.3, 0.4) is 0 Å². The zero-order valence-corrected chi connectivity index (χ0v) is 16.0. The molecule has 1 atom stereocenters. The van der Waals surface area contributed by atoms with E-state index >= 15 is 0 Å². The van der Waals surface area contributed by atoms with Gasteiger partial charge in [0.15, 0.2) is 0 Å². The third-order valence-electron chi connectivity index (χ3n) is 5.56. The van der Waals surface area contributed by atoms with E-state index < -0.39 is 0 Å². The number of aromatic nitrogens is 2. The highest BCUT2D eigenvalue weighted by Crippen LogP contribution is 2.30. The molecule has 1 aliphatic carbocycles. The van der Waals surface area contributed by atoms with Crippen LogP contribution in [0.4, 0.5) is 0 Å². The highest BCUT2D eigenvalue weighted by Gasteiger charge is 2.23. The lowest BCUT2D eigenvalue weighted by molar-refractivity contribution is 0.0934. The normalized spacial score (nSPS) is 15.7. The second kappa shape index (κ2) is 7.47. The fourth-order valence-electron chi connectivity index (χ4n) is 4.15. The first-order valence-electron chi connectivity index (χ1n) is 9.99. The molecule has 0 saturated heterocycles. The van der Waals surface area contributed by atoms with Crippen molar-refractivity contribution in [3.63, 3.8) is 0 Å². The quantitative estimate of drug-likeness (QED) is 0.538. The van der Waals surface area contributed by atoms with Crippen molar-refractivity contribution in [2.45, 2.75) is 25.3 Å². The summed E-state index contributed by atoms with van der Waals surface area (Å²) in [5.41, 5.74) is 5.46. The highest BCUT2D eigenvalue weighted by atomic mass is 16.1. The SMILES string of the molecule is O=C(N[C@@H]1CCCc2ccccc21)c1cc(-c2ccccn2)nc2ccccc12. The van der Waals surface area contributed by atoms with Crippen LogP contribution in [0.1, 0.15) is 40.4 Å². The summed E-state index contributed by atoms with van der Waals surface area (Å²) in [5, 5.41) is 4.13. The predicted molar refractivity (Wildman–Crippen MR) is 115 cm³/mol. The van der Waals surface area contributed by atoms with Gasteiger partial charge in [0.25, 0.3) is 5.91 Å². The molecule has 1 amide bonds. The maximum absolute atomic E-state index is 13.4. The van der Waals surface area contributed by atoms with Crippen molar-refractivity contribution in [2.24, 2.45) is 0 Å². The van der Waals surface area contributed by atoms with E-state index in [1.165, 1.54) is 11.1 Å². The lowest BCUT2D eigenvalue weighted by atomic mass is 9.87. The van der Waals surface area contributed by atoms with Gasteiger partial charge in [-0.1, -0.05) is 48.5 Å². The van der Waals surface area contributed by atoms with Crippen LogP contribution in [0.5, 0.6) is 0 Å². The number of pyridine rings is 2. The van der Waals surface area contributed by atoms with E-state index in [4.69, 9.17) is 4.98 Å². The minimum Gasteiger partial charge on any atom is -0.345 e. The van der Waals surface area contributed by atoms with Gasteiger partial charge in [0.2, 0.25) is 0 Å². The molecule has 4 heteroatoms. The second-order valence-corrected chi connectivity index (χ2v) is 7.40. The van der Waals surface area contributed by atoms with Gasteiger partial charge < -0.3 is 5.32 Å². The fraction of sp³-hybridized carbons (Fsp3) is 0.160. The average molecular weight is 379 g/mol. The third kappa shape index (κ3) is 3.38. The number of fused-ring (bicyclic) bond motifs is 2. The van der Waals surface area contributed by atoms with Crippen molar-refractivity contribution in [1.29, 1.82) is 0 Å². The number of nitrogens with zero attached hydrogens (tertiary/aromatic N) is 2. The highest BCUT2D eigenvalue weighted by molar-refractivity contribution is 6.07. The molecular weight excluding hydrogens is 358 g/mol. The Morgan fingerprint density at radius 2 is 1.76 bits per heavy atom. The van der Waals surface area contributed by atoms with Crippen LogP contribution in [-0.4, -0.2) is 15.9 Å². The number of aryl methyl sites for hydroxylation is 1. The molecule has 0 unspecified atom stereocenters. The van der Waals surface area contributed by atoms with Crippen molar-refractivity contribution in [2.75, 3.05) is 0 Å². The minimum absolute atomic E-state index is 0.0395. The number of nitrogens with one attached hydrogen (secondary N) is 1. The molecule has 0 spiro atoms. The lowest BCUT2D eigenvalue weighted by Crippen LogP contribution is -2.31. The first kappa shape index (κ1) is 17.6. The molecule has 1 aliphatic rings. The summed E-state index contributed by atoms with van der Waals surface area (Å²) >= 11 is 0. The van der Waals surface area contributed by atoms with Gasteiger partial charge in [0.05, 0.1) is 28.5 Å². The molecule has 2 aromatic heterocycles. The summed E-state index contributed by atoms with van der Waals surface area (Å²) in [6.07, 6.45) is 4.85.